The third-order valence-corrected chi connectivity index (χ3v) is 13.4. The Balaban J connectivity index is 0.00000130. The van der Waals surface area contributed by atoms with Crippen molar-refractivity contribution in [1.29, 1.82) is 0 Å². The van der Waals surface area contributed by atoms with Crippen LogP contribution in [-0.4, -0.2) is 0 Å². The zero-order valence-electron chi connectivity index (χ0n) is 18.3. The van der Waals surface area contributed by atoms with Crippen LogP contribution in [0.4, 0.5) is 0 Å². The number of halogens is 2. The summed E-state index contributed by atoms with van der Waals surface area (Å²) >= 11 is -1.34. The number of aryl methyl sites for hydroxylation is 2. The van der Waals surface area contributed by atoms with Gasteiger partial charge in [0.15, 0.2) is 0 Å². The third kappa shape index (κ3) is 4.05. The van der Waals surface area contributed by atoms with Gasteiger partial charge >= 0.3 is 194 Å². The molecule has 0 spiro atoms. The molecule has 5 heteroatoms. The van der Waals surface area contributed by atoms with E-state index in [1.165, 1.54) is 44.5 Å². The second kappa shape index (κ2) is 9.66. The Labute approximate surface area is 218 Å². The van der Waals surface area contributed by atoms with Crippen LogP contribution in [0.5, 0.6) is 0 Å². The fraction of sp³-hybridized carbons (Fsp3) is 0.143. The molecule has 0 saturated carbocycles. The minimum atomic E-state index is -1.34. The number of fused-ring (bicyclic) bond motifs is 2. The molecule has 0 aliphatic heterocycles. The minimum Gasteiger partial charge on any atom is -1.00 e. The van der Waals surface area contributed by atoms with Gasteiger partial charge in [0.05, 0.1) is 0 Å². The van der Waals surface area contributed by atoms with Crippen LogP contribution in [0.2, 0.25) is 0 Å². The molecule has 2 aromatic heterocycles. The first-order valence-corrected chi connectivity index (χ1v) is 14.8. The Hall–Kier alpha value is -2.07. The largest absolute Gasteiger partial charge is 1.00 e. The molecular formula is C28H22Cl2HfO2. The maximum absolute atomic E-state index is 5.90. The van der Waals surface area contributed by atoms with E-state index in [0.717, 1.165) is 11.5 Å². The molecule has 6 rings (SSSR count). The Bertz CT molecular complexity index is 1230. The maximum atomic E-state index is 5.90. The summed E-state index contributed by atoms with van der Waals surface area (Å²) < 4.78 is 12.7. The van der Waals surface area contributed by atoms with E-state index >= 15 is 0 Å². The van der Waals surface area contributed by atoms with Gasteiger partial charge in [0.1, 0.15) is 0 Å². The zero-order valence-corrected chi connectivity index (χ0v) is 23.4. The Kier molecular flexibility index (Phi) is 7.04. The summed E-state index contributed by atoms with van der Waals surface area (Å²) in [6.45, 7) is 4.43. The van der Waals surface area contributed by atoms with Gasteiger partial charge in [-0.3, -0.25) is 0 Å². The van der Waals surface area contributed by atoms with Crippen LogP contribution in [0.25, 0.3) is 23.3 Å². The van der Waals surface area contributed by atoms with Crippen molar-refractivity contribution in [3.63, 3.8) is 0 Å². The molecule has 0 bridgehead atoms. The van der Waals surface area contributed by atoms with Crippen LogP contribution in [0.15, 0.2) is 82.0 Å². The molecule has 2 nitrogen and oxygen atoms in total. The molecule has 2 aromatic carbocycles. The third-order valence-electron chi connectivity index (χ3n) is 6.50. The first-order chi connectivity index (χ1) is 15.2. The summed E-state index contributed by atoms with van der Waals surface area (Å²) in [5.41, 5.74) is 11.1. The van der Waals surface area contributed by atoms with E-state index in [2.05, 4.69) is 74.5 Å². The molecule has 0 fully saturated rings. The normalized spacial score (nSPS) is 17.8. The Morgan fingerprint density at radius 1 is 0.606 bits per heavy atom. The average molecular weight is 640 g/mol. The molecule has 0 radical (unpaired) electrons. The monoisotopic (exact) mass is 640 g/mol. The number of benzene rings is 2. The van der Waals surface area contributed by atoms with Crippen LogP contribution < -0.4 is 24.8 Å². The number of rotatable bonds is 4. The van der Waals surface area contributed by atoms with Crippen LogP contribution in [0.3, 0.4) is 0 Å². The van der Waals surface area contributed by atoms with Crippen LogP contribution >= 0.6 is 0 Å². The van der Waals surface area contributed by atoms with Gasteiger partial charge in [0.2, 0.25) is 0 Å². The van der Waals surface area contributed by atoms with Gasteiger partial charge in [-0.05, 0) is 0 Å². The standard InChI is InChI=1S/2C14H11O.2ClH.Hf/c2*1-10-4-2-5-11-8-12(9-13(10)11)14-6-3-7-15-14;;;/h2*2-9H,1H3;2*1H;/q;;;;+2/p-2. The van der Waals surface area contributed by atoms with Crippen LogP contribution in [-0.2, 0) is 22.9 Å². The van der Waals surface area contributed by atoms with Gasteiger partial charge in [0.25, 0.3) is 0 Å². The maximum Gasteiger partial charge on any atom is -1.00 e. The quantitative estimate of drug-likeness (QED) is 0.317. The SMILES string of the molecule is Cc1cccc2c1C=C(c1ccco1)[CH]2[Hf+2][CH]1C(c2ccco2)=Cc2c(C)cccc21.[Cl-].[Cl-]. The second-order valence-corrected chi connectivity index (χ2v) is 13.7. The van der Waals surface area contributed by atoms with Gasteiger partial charge in [-0.1, -0.05) is 0 Å². The Morgan fingerprint density at radius 2 is 1.06 bits per heavy atom. The summed E-state index contributed by atoms with van der Waals surface area (Å²) in [6.07, 6.45) is 8.34. The fourth-order valence-corrected chi connectivity index (χ4v) is 12.2. The molecule has 2 aliphatic rings. The van der Waals surface area contributed by atoms with E-state index in [-0.39, 0.29) is 24.8 Å². The number of hydrogen-bond acceptors (Lipinski definition) is 2. The van der Waals surface area contributed by atoms with Crippen molar-refractivity contribution in [2.24, 2.45) is 0 Å². The first-order valence-electron chi connectivity index (χ1n) is 10.7. The van der Waals surface area contributed by atoms with Crippen LogP contribution in [0.1, 0.15) is 52.3 Å². The van der Waals surface area contributed by atoms with Gasteiger partial charge in [-0.15, -0.1) is 0 Å². The molecular weight excluding hydrogens is 618 g/mol. The molecule has 2 aliphatic carbocycles. The van der Waals surface area contributed by atoms with E-state index in [9.17, 15) is 0 Å². The molecule has 0 saturated heterocycles. The number of furan rings is 2. The van der Waals surface area contributed by atoms with Gasteiger partial charge in [-0.25, -0.2) is 0 Å². The first kappa shape index (κ1) is 24.1. The second-order valence-electron chi connectivity index (χ2n) is 8.34. The van der Waals surface area contributed by atoms with E-state index in [0.29, 0.717) is 7.35 Å². The smallest absolute Gasteiger partial charge is 1.00 e. The zero-order chi connectivity index (χ0) is 20.9. The van der Waals surface area contributed by atoms with Crippen molar-refractivity contribution < 1.29 is 56.6 Å². The summed E-state index contributed by atoms with van der Waals surface area (Å²) in [5, 5.41) is 0. The minimum absolute atomic E-state index is 0. The van der Waals surface area contributed by atoms with Gasteiger partial charge in [0, 0.05) is 0 Å². The molecule has 2 unspecified atom stereocenters. The molecule has 2 atom stereocenters. The summed E-state index contributed by atoms with van der Waals surface area (Å²) in [5.74, 6) is 2.03. The van der Waals surface area contributed by atoms with Crippen molar-refractivity contribution in [3.8, 4) is 0 Å². The molecule has 0 amide bonds. The van der Waals surface area contributed by atoms with E-state index in [1.807, 2.05) is 12.1 Å². The van der Waals surface area contributed by atoms with E-state index in [1.54, 1.807) is 12.5 Å². The van der Waals surface area contributed by atoms with Crippen molar-refractivity contribution in [2.75, 3.05) is 0 Å². The molecule has 0 N–H and O–H groups in total. The predicted octanol–water partition coefficient (Wildman–Crippen LogP) is 1.47. The van der Waals surface area contributed by atoms with Crippen molar-refractivity contribution >= 4 is 23.3 Å². The predicted molar refractivity (Wildman–Crippen MR) is 121 cm³/mol. The van der Waals surface area contributed by atoms with Crippen molar-refractivity contribution in [2.45, 2.75) is 21.2 Å². The average Bonchev–Trinajstić information content (AvgIpc) is 3.56. The van der Waals surface area contributed by atoms with E-state index in [4.69, 9.17) is 8.83 Å². The molecule has 164 valence electrons. The molecule has 4 aromatic rings. The van der Waals surface area contributed by atoms with Gasteiger partial charge < -0.3 is 24.8 Å². The summed E-state index contributed by atoms with van der Waals surface area (Å²) in [4.78, 5) is 0. The number of allylic oxidation sites excluding steroid dienone is 2. The summed E-state index contributed by atoms with van der Waals surface area (Å²) in [6, 6.07) is 21.7. The van der Waals surface area contributed by atoms with Gasteiger partial charge in [-0.2, -0.15) is 0 Å². The summed E-state index contributed by atoms with van der Waals surface area (Å²) in [7, 11) is 0. The Morgan fingerprint density at radius 3 is 1.45 bits per heavy atom. The van der Waals surface area contributed by atoms with Crippen molar-refractivity contribution in [3.05, 3.63) is 118 Å². The topological polar surface area (TPSA) is 26.3 Å². The molecule has 2 heterocycles. The fourth-order valence-electron chi connectivity index (χ4n) is 4.96. The molecule has 33 heavy (non-hydrogen) atoms. The number of hydrogen-bond donors (Lipinski definition) is 0. The van der Waals surface area contributed by atoms with Crippen molar-refractivity contribution in [1.82, 2.24) is 0 Å². The van der Waals surface area contributed by atoms with Crippen LogP contribution in [0, 0.1) is 13.8 Å². The van der Waals surface area contributed by atoms with E-state index < -0.39 is 22.9 Å².